The lowest BCUT2D eigenvalue weighted by Crippen LogP contribution is -2.65. The molecule has 4 saturated heterocycles. The van der Waals surface area contributed by atoms with Crippen LogP contribution in [-0.2, 0) is 52.3 Å². The Bertz CT molecular complexity index is 3370. The molecule has 0 spiro atoms. The smallest absolute Gasteiger partial charge is 0.335 e. The maximum atomic E-state index is 13.3. The lowest BCUT2D eigenvalue weighted by molar-refractivity contribution is -0.364. The molecule has 0 aromatic heterocycles. The highest BCUT2D eigenvalue weighted by atomic mass is 16.8. The number of aliphatic carboxylic acids is 1. The van der Waals surface area contributed by atoms with Crippen LogP contribution in [0.2, 0.25) is 0 Å². The zero-order valence-corrected chi connectivity index (χ0v) is 46.6. The molecule has 1 unspecified atom stereocenters. The normalized spacial score (nSPS) is 33.3. The summed E-state index contributed by atoms with van der Waals surface area (Å²) >= 11 is 0. The highest BCUT2D eigenvalue weighted by molar-refractivity contribution is 5.88. The third-order valence-electron chi connectivity index (χ3n) is 15.0. The second kappa shape index (κ2) is 28.0. The van der Waals surface area contributed by atoms with Crippen LogP contribution in [-0.4, -0.2) is 267 Å². The minimum atomic E-state index is -2.23. The van der Waals surface area contributed by atoms with Crippen LogP contribution in [0.3, 0.4) is 0 Å². The Kier molecular flexibility index (Phi) is 20.6. The molecule has 4 fully saturated rings. The summed E-state index contributed by atoms with van der Waals surface area (Å²) in [6, 6.07) is 10.9. The van der Waals surface area contributed by atoms with Crippen LogP contribution < -0.4 is 9.47 Å². The van der Waals surface area contributed by atoms with Gasteiger partial charge in [0, 0.05) is 24.3 Å². The van der Waals surface area contributed by atoms with Crippen LogP contribution in [0.4, 0.5) is 0 Å². The van der Waals surface area contributed by atoms with Crippen molar-refractivity contribution in [3.63, 3.8) is 0 Å². The molecule has 4 aromatic carbocycles. The first-order valence-electron chi connectivity index (χ1n) is 27.3. The van der Waals surface area contributed by atoms with Crippen molar-refractivity contribution in [1.82, 2.24) is 0 Å². The Hall–Kier alpha value is -8.37. The standard InChI is InChI=1S/C57H62O34/c58-16-33-40(70)45(75)52(91-57-51(44(74)39(69)34(17-59)87-57)89-37(67)8-4-20-2-6-25(61)28(64)10-20)56(86-33)85-32-15-23-26(62)13-22(82-54-47(77)42(72)41(71)35(88-54)18-81-36(66)7-3-19-1-5-24(60)27(63)9-19)14-30(23)83-49(32)21-11-29(65)38(68)31(12-21)84-55-48(78)43(73)46(76)50(90-55)53(79)80/h1-15,33-35,39-52,54-65,68-78H,16-18H2,(H,79,80)/p+1/b7-3+,8-4+/t33-,34+,35+,39+,40-,41+,42-,43-,44-,45-,46-,47-,48-,49?,50+,51+,52-,54+,55+,56+,57-/m0/s1. The van der Waals surface area contributed by atoms with Crippen molar-refractivity contribution < 1.29 is 169 Å². The molecule has 494 valence electrons. The van der Waals surface area contributed by atoms with E-state index in [0.29, 0.717) is 0 Å². The molecule has 4 aromatic rings. The lowest BCUT2D eigenvalue weighted by atomic mass is 9.96. The van der Waals surface area contributed by atoms with E-state index in [1.165, 1.54) is 18.2 Å². The maximum absolute atomic E-state index is 13.3. The van der Waals surface area contributed by atoms with Crippen LogP contribution >= 0.6 is 0 Å². The number of rotatable bonds is 19. The van der Waals surface area contributed by atoms with Gasteiger partial charge in [0.05, 0.1) is 24.8 Å². The molecule has 5 aliphatic rings. The van der Waals surface area contributed by atoms with E-state index in [9.17, 15) is 117 Å². The van der Waals surface area contributed by atoms with E-state index in [1.54, 1.807) is 0 Å². The van der Waals surface area contributed by atoms with Gasteiger partial charge < -0.3 is 154 Å². The summed E-state index contributed by atoms with van der Waals surface area (Å²) in [5.41, 5.74) is -0.184. The number of ether oxygens (including phenoxy) is 11. The monoisotopic (exact) mass is 1290 g/mol. The Balaban J connectivity index is 1.05. The highest BCUT2D eigenvalue weighted by Gasteiger charge is 2.55. The summed E-state index contributed by atoms with van der Waals surface area (Å²) in [6.45, 7) is -2.82. The number of aliphatic hydroxyl groups is 13. The number of carbonyl (C=O) groups excluding carboxylic acids is 2. The van der Waals surface area contributed by atoms with Crippen molar-refractivity contribution >= 4 is 36.1 Å². The number of hydrogen-bond acceptors (Lipinski definition) is 32. The van der Waals surface area contributed by atoms with Gasteiger partial charge in [-0.25, -0.2) is 14.4 Å². The van der Waals surface area contributed by atoms with E-state index >= 15 is 0 Å². The predicted molar refractivity (Wildman–Crippen MR) is 292 cm³/mol. The number of esters is 2. The van der Waals surface area contributed by atoms with Crippen molar-refractivity contribution in [3.8, 4) is 57.5 Å². The van der Waals surface area contributed by atoms with Gasteiger partial charge in [0.25, 0.3) is 11.9 Å². The van der Waals surface area contributed by atoms with Gasteiger partial charge in [-0.15, -0.1) is 0 Å². The summed E-state index contributed by atoms with van der Waals surface area (Å²) in [5, 5.41) is 213. The summed E-state index contributed by atoms with van der Waals surface area (Å²) < 4.78 is 61.7. The number of phenolic OH excluding ortho intramolecular Hbond substituents is 7. The number of hydrogen-bond donors (Lipinski definition) is 20. The second-order valence-corrected chi connectivity index (χ2v) is 21.2. The predicted octanol–water partition coefficient (Wildman–Crippen LogP) is -4.42. The number of fused-ring (bicyclic) bond motifs is 1. The number of phenols is 7. The van der Waals surface area contributed by atoms with E-state index in [1.807, 2.05) is 0 Å². The van der Waals surface area contributed by atoms with Gasteiger partial charge in [-0.1, -0.05) is 12.1 Å². The summed E-state index contributed by atoms with van der Waals surface area (Å²) in [6.07, 6.45) is -37.8. The van der Waals surface area contributed by atoms with Crippen LogP contribution in [0.15, 0.2) is 78.6 Å². The topological polar surface area (TPSA) is 561 Å². The van der Waals surface area contributed by atoms with Crippen molar-refractivity contribution in [2.75, 3.05) is 19.8 Å². The zero-order chi connectivity index (χ0) is 66.0. The number of carboxylic acid groups (broad SMARTS) is 1. The van der Waals surface area contributed by atoms with Crippen molar-refractivity contribution in [2.24, 2.45) is 0 Å². The van der Waals surface area contributed by atoms with Gasteiger partial charge in [0.2, 0.25) is 24.6 Å². The lowest BCUT2D eigenvalue weighted by Gasteiger charge is -2.46. The van der Waals surface area contributed by atoms with E-state index in [-0.39, 0.29) is 28.0 Å². The van der Waals surface area contributed by atoms with Gasteiger partial charge in [0.15, 0.2) is 64.9 Å². The van der Waals surface area contributed by atoms with E-state index in [0.717, 1.165) is 72.8 Å². The molecule has 34 heteroatoms. The first kappa shape index (κ1) is 67.0. The molecule has 0 aliphatic carbocycles. The van der Waals surface area contributed by atoms with Crippen molar-refractivity contribution in [3.05, 3.63) is 101 Å². The highest BCUT2D eigenvalue weighted by Crippen LogP contribution is 2.49. The third kappa shape index (κ3) is 14.5. The number of benzene rings is 4. The largest absolute Gasteiger partial charge is 0.571 e. The van der Waals surface area contributed by atoms with Gasteiger partial charge in [-0.2, -0.15) is 0 Å². The first-order valence-corrected chi connectivity index (χ1v) is 27.3. The number of aliphatic hydroxyl groups excluding tert-OH is 12. The summed E-state index contributed by atoms with van der Waals surface area (Å²) in [7, 11) is 0. The molecule has 9 rings (SSSR count). The van der Waals surface area contributed by atoms with E-state index in [4.69, 9.17) is 47.4 Å². The van der Waals surface area contributed by atoms with Crippen LogP contribution in [0.1, 0.15) is 28.4 Å². The molecular weight excluding hydrogens is 1230 g/mol. The molecule has 91 heavy (non-hydrogen) atoms. The number of aromatic hydroxyl groups is 8. The third-order valence-corrected chi connectivity index (χ3v) is 15.0. The van der Waals surface area contributed by atoms with Crippen LogP contribution in [0, 0.1) is 0 Å². The average Bonchev–Trinajstić information content (AvgIpc) is 0.828. The second-order valence-electron chi connectivity index (χ2n) is 21.2. The SMILES string of the molecule is O=C(/C=C/c1ccc(O)c(O)c1)OC[C@H]1O[C@@H](Oc2cc(O)c3c(c2)[OH+]C(c2cc(O)c(O)c(O[C@@H]4O[C@@H](C(=O)O)[C@@H](O)[C@H](O)[C@@H]4O)c2)C(O[C@@H]2O[C@@H](CO)[C@H](O)[C@H](O)[C@@H]2O[C@@H]2O[C@H](CO)[C@@H](O)[C@H](O)[C@H]2OC(=O)/C=C/c2ccc(O)c(O)c2)=C3)[C@@H](O)[C@@H](O)[C@@H]1O. The molecule has 21 atom stereocenters. The molecule has 21 N–H and O–H groups in total. The Morgan fingerprint density at radius 3 is 1.65 bits per heavy atom. The van der Waals surface area contributed by atoms with Gasteiger partial charge in [0.1, 0.15) is 103 Å². The molecule has 0 bridgehead atoms. The quantitative estimate of drug-likeness (QED) is 0.0182. The van der Waals surface area contributed by atoms with Crippen LogP contribution in [0.25, 0.3) is 18.2 Å². The van der Waals surface area contributed by atoms with Crippen molar-refractivity contribution in [1.29, 1.82) is 0 Å². The van der Waals surface area contributed by atoms with E-state index < -0.39 is 224 Å². The molecule has 0 radical (unpaired) electrons. The molecule has 34 nitrogen and oxygen atoms in total. The van der Waals surface area contributed by atoms with Gasteiger partial charge in [-0.05, 0) is 59.7 Å². The Morgan fingerprint density at radius 1 is 0.505 bits per heavy atom. The minimum Gasteiger partial charge on any atom is -0.571 e. The average molecular weight is 1290 g/mol. The number of carboxylic acids is 1. The van der Waals surface area contributed by atoms with Crippen molar-refractivity contribution in [2.45, 2.75) is 129 Å². The maximum Gasteiger partial charge on any atom is 0.335 e. The zero-order valence-electron chi connectivity index (χ0n) is 46.6. The number of carbonyl (C=O) groups is 3. The van der Waals surface area contributed by atoms with Crippen LogP contribution in [0.5, 0.6) is 57.5 Å². The molecule has 5 aliphatic heterocycles. The molecule has 0 amide bonds. The molecule has 5 heterocycles. The Labute approximate surface area is 510 Å². The fraction of sp³-hybridized carbons (Fsp3) is 0.421. The first-order chi connectivity index (χ1) is 43.2. The summed E-state index contributed by atoms with van der Waals surface area (Å²) in [4.78, 5) is 37.9. The summed E-state index contributed by atoms with van der Waals surface area (Å²) in [5.74, 6) is -11.0. The van der Waals surface area contributed by atoms with E-state index in [2.05, 4.69) is 4.74 Å². The molecule has 0 saturated carbocycles. The fourth-order valence-electron chi connectivity index (χ4n) is 9.98. The minimum absolute atomic E-state index is 0.159. The fourth-order valence-corrected chi connectivity index (χ4v) is 9.98. The Morgan fingerprint density at radius 2 is 1.05 bits per heavy atom. The van der Waals surface area contributed by atoms with Gasteiger partial charge in [-0.3, -0.25) is 0 Å². The molecular formula is C57H63O34+. The van der Waals surface area contributed by atoms with Gasteiger partial charge >= 0.3 is 17.9 Å².